The Labute approximate surface area is 86.3 Å². The van der Waals surface area contributed by atoms with E-state index in [2.05, 4.69) is 17.8 Å². The SMILES string of the molecule is OC#CC#CCCCCCCCCO. The highest BCUT2D eigenvalue weighted by Gasteiger charge is 1.89. The maximum absolute atomic E-state index is 8.54. The molecule has 78 valence electrons. The summed E-state index contributed by atoms with van der Waals surface area (Å²) in [6, 6.07) is 0. The molecule has 0 saturated heterocycles. The molecule has 0 saturated carbocycles. The summed E-state index contributed by atoms with van der Waals surface area (Å²) < 4.78 is 0. The molecule has 0 fully saturated rings. The second-order valence-corrected chi connectivity index (χ2v) is 3.13. The van der Waals surface area contributed by atoms with Crippen LogP contribution in [-0.4, -0.2) is 16.8 Å². The molecule has 0 unspecified atom stereocenters. The summed E-state index contributed by atoms with van der Waals surface area (Å²) in [6.45, 7) is 0.311. The standard InChI is InChI=1S/C12H18O2/c13-11-9-7-5-3-1-2-4-6-8-10-12-14/h13-14H,1-5,7,9,11H2. The molecular formula is C12H18O2. The van der Waals surface area contributed by atoms with Crippen LogP contribution in [0, 0.1) is 23.9 Å². The highest BCUT2D eigenvalue weighted by Crippen LogP contribution is 2.06. The van der Waals surface area contributed by atoms with E-state index >= 15 is 0 Å². The summed E-state index contributed by atoms with van der Waals surface area (Å²) in [7, 11) is 0. The highest BCUT2D eigenvalue weighted by molar-refractivity contribution is 5.23. The van der Waals surface area contributed by atoms with Crippen molar-refractivity contribution in [3.63, 3.8) is 0 Å². The van der Waals surface area contributed by atoms with Crippen molar-refractivity contribution in [2.75, 3.05) is 6.61 Å². The Morgan fingerprint density at radius 3 is 2.07 bits per heavy atom. The monoisotopic (exact) mass is 194 g/mol. The van der Waals surface area contributed by atoms with Gasteiger partial charge in [0.25, 0.3) is 0 Å². The van der Waals surface area contributed by atoms with Crippen LogP contribution in [0.3, 0.4) is 0 Å². The van der Waals surface area contributed by atoms with Gasteiger partial charge < -0.3 is 10.2 Å². The molecule has 2 heteroatoms. The summed E-state index contributed by atoms with van der Waals surface area (Å²) in [5, 5.41) is 16.6. The minimum absolute atomic E-state index is 0.311. The van der Waals surface area contributed by atoms with Crippen molar-refractivity contribution in [1.29, 1.82) is 0 Å². The van der Waals surface area contributed by atoms with Gasteiger partial charge in [-0.3, -0.25) is 0 Å². The van der Waals surface area contributed by atoms with E-state index in [9.17, 15) is 0 Å². The Hall–Kier alpha value is -1.12. The lowest BCUT2D eigenvalue weighted by Crippen LogP contribution is -1.83. The Morgan fingerprint density at radius 2 is 1.43 bits per heavy atom. The van der Waals surface area contributed by atoms with Gasteiger partial charge in [0.05, 0.1) is 0 Å². The van der Waals surface area contributed by atoms with Crippen LogP contribution in [0.25, 0.3) is 0 Å². The number of hydrogen-bond donors (Lipinski definition) is 2. The second-order valence-electron chi connectivity index (χ2n) is 3.13. The van der Waals surface area contributed by atoms with E-state index in [0.717, 1.165) is 25.7 Å². The molecule has 0 aliphatic rings. The van der Waals surface area contributed by atoms with Gasteiger partial charge >= 0.3 is 0 Å². The normalized spacial score (nSPS) is 8.36. The van der Waals surface area contributed by atoms with E-state index in [1.807, 2.05) is 0 Å². The number of rotatable bonds is 7. The van der Waals surface area contributed by atoms with Crippen molar-refractivity contribution in [3.8, 4) is 23.9 Å². The molecule has 0 heterocycles. The van der Waals surface area contributed by atoms with Gasteiger partial charge in [-0.1, -0.05) is 31.6 Å². The quantitative estimate of drug-likeness (QED) is 0.481. The molecule has 2 nitrogen and oxygen atoms in total. The molecule has 0 rings (SSSR count). The molecule has 0 atom stereocenters. The molecule has 0 aromatic rings. The molecule has 2 N–H and O–H groups in total. The number of unbranched alkanes of at least 4 members (excludes halogenated alkanes) is 6. The van der Waals surface area contributed by atoms with Gasteiger partial charge in [0.2, 0.25) is 0 Å². The molecule has 14 heavy (non-hydrogen) atoms. The Balaban J connectivity index is 3.06. The third-order valence-corrected chi connectivity index (χ3v) is 1.92. The summed E-state index contributed by atoms with van der Waals surface area (Å²) in [6.07, 6.45) is 9.35. The third-order valence-electron chi connectivity index (χ3n) is 1.92. The zero-order valence-corrected chi connectivity index (χ0v) is 8.55. The van der Waals surface area contributed by atoms with Gasteiger partial charge in [0.1, 0.15) is 6.11 Å². The first-order valence-corrected chi connectivity index (χ1v) is 5.14. The van der Waals surface area contributed by atoms with Crippen molar-refractivity contribution in [2.24, 2.45) is 0 Å². The van der Waals surface area contributed by atoms with E-state index in [1.165, 1.54) is 19.3 Å². The van der Waals surface area contributed by atoms with Crippen LogP contribution in [-0.2, 0) is 0 Å². The Morgan fingerprint density at radius 1 is 0.786 bits per heavy atom. The van der Waals surface area contributed by atoms with E-state index in [-0.39, 0.29) is 0 Å². The molecule has 0 aromatic heterocycles. The van der Waals surface area contributed by atoms with Gasteiger partial charge in [-0.25, -0.2) is 0 Å². The molecule has 0 spiro atoms. The smallest absolute Gasteiger partial charge is 0.122 e. The fraction of sp³-hybridized carbons (Fsp3) is 0.667. The van der Waals surface area contributed by atoms with Crippen LogP contribution in [0.2, 0.25) is 0 Å². The number of aliphatic hydroxyl groups is 2. The lowest BCUT2D eigenvalue weighted by molar-refractivity contribution is 0.282. The fourth-order valence-electron chi connectivity index (χ4n) is 1.17. The minimum atomic E-state index is 0.311. The van der Waals surface area contributed by atoms with E-state index < -0.39 is 0 Å². The summed E-state index contributed by atoms with van der Waals surface area (Å²) in [4.78, 5) is 0. The molecule has 0 aromatic carbocycles. The first-order valence-electron chi connectivity index (χ1n) is 5.14. The maximum Gasteiger partial charge on any atom is 0.122 e. The molecule has 0 aliphatic heterocycles. The first kappa shape index (κ1) is 12.9. The van der Waals surface area contributed by atoms with Crippen molar-refractivity contribution in [1.82, 2.24) is 0 Å². The van der Waals surface area contributed by atoms with Gasteiger partial charge in [-0.15, -0.1) is 0 Å². The highest BCUT2D eigenvalue weighted by atomic mass is 16.3. The lowest BCUT2D eigenvalue weighted by Gasteiger charge is -1.97. The zero-order chi connectivity index (χ0) is 10.5. The predicted octanol–water partition coefficient (Wildman–Crippen LogP) is 2.05. The van der Waals surface area contributed by atoms with Crippen LogP contribution in [0.4, 0.5) is 0 Å². The predicted molar refractivity (Wildman–Crippen MR) is 56.9 cm³/mol. The molecule has 0 radical (unpaired) electrons. The molecule has 0 amide bonds. The van der Waals surface area contributed by atoms with E-state index in [1.54, 1.807) is 6.11 Å². The zero-order valence-electron chi connectivity index (χ0n) is 8.55. The molecular weight excluding hydrogens is 176 g/mol. The topological polar surface area (TPSA) is 40.5 Å². The van der Waals surface area contributed by atoms with Crippen LogP contribution in [0.1, 0.15) is 44.9 Å². The van der Waals surface area contributed by atoms with Crippen LogP contribution < -0.4 is 0 Å². The third kappa shape index (κ3) is 10.9. The van der Waals surface area contributed by atoms with Gasteiger partial charge in [0.15, 0.2) is 0 Å². The lowest BCUT2D eigenvalue weighted by atomic mass is 10.1. The first-order chi connectivity index (χ1) is 6.91. The Kier molecular flexibility index (Phi) is 10.9. The Bertz CT molecular complexity index is 224. The number of aliphatic hydroxyl groups excluding tert-OH is 2. The van der Waals surface area contributed by atoms with Crippen molar-refractivity contribution >= 4 is 0 Å². The molecule has 0 aliphatic carbocycles. The van der Waals surface area contributed by atoms with E-state index in [4.69, 9.17) is 10.2 Å². The van der Waals surface area contributed by atoms with Crippen molar-refractivity contribution in [3.05, 3.63) is 0 Å². The summed E-state index contributed by atoms with van der Waals surface area (Å²) >= 11 is 0. The van der Waals surface area contributed by atoms with Crippen LogP contribution in [0.15, 0.2) is 0 Å². The van der Waals surface area contributed by atoms with Crippen molar-refractivity contribution in [2.45, 2.75) is 44.9 Å². The largest absolute Gasteiger partial charge is 0.461 e. The average Bonchev–Trinajstić information content (AvgIpc) is 2.21. The van der Waals surface area contributed by atoms with Crippen LogP contribution in [0.5, 0.6) is 0 Å². The van der Waals surface area contributed by atoms with Gasteiger partial charge in [0, 0.05) is 18.9 Å². The van der Waals surface area contributed by atoms with Crippen LogP contribution >= 0.6 is 0 Å². The maximum atomic E-state index is 8.54. The van der Waals surface area contributed by atoms with Gasteiger partial charge in [-0.2, -0.15) is 0 Å². The van der Waals surface area contributed by atoms with E-state index in [0.29, 0.717) is 6.61 Å². The fourth-order valence-corrected chi connectivity index (χ4v) is 1.17. The minimum Gasteiger partial charge on any atom is -0.461 e. The van der Waals surface area contributed by atoms with Gasteiger partial charge in [-0.05, 0) is 18.8 Å². The number of hydrogen-bond acceptors (Lipinski definition) is 2. The summed E-state index contributed by atoms with van der Waals surface area (Å²) in [5.74, 6) is 7.70. The summed E-state index contributed by atoms with van der Waals surface area (Å²) in [5.41, 5.74) is 0. The van der Waals surface area contributed by atoms with Crippen molar-refractivity contribution < 1.29 is 10.2 Å². The second kappa shape index (κ2) is 11.9. The average molecular weight is 194 g/mol. The molecule has 0 bridgehead atoms.